The highest BCUT2D eigenvalue weighted by Crippen LogP contribution is 2.36. The zero-order valence-electron chi connectivity index (χ0n) is 18.7. The molecule has 3 aliphatic rings. The molecule has 11 nitrogen and oxygen atoms in total. The van der Waals surface area contributed by atoms with E-state index in [9.17, 15) is 14.4 Å². The number of benzene rings is 1. The lowest BCUT2D eigenvalue weighted by Gasteiger charge is -2.25. The first-order valence-electron chi connectivity index (χ1n) is 11.1. The second-order valence-corrected chi connectivity index (χ2v) is 9.16. The number of hydrazine groups is 1. The fraction of sp³-hybridized carbons (Fsp3) is 0.455. The smallest absolute Gasteiger partial charge is 0.281 e. The molecule has 0 spiro atoms. The van der Waals surface area contributed by atoms with Crippen molar-refractivity contribution >= 4 is 39.9 Å². The van der Waals surface area contributed by atoms with Crippen LogP contribution in [0.2, 0.25) is 0 Å². The summed E-state index contributed by atoms with van der Waals surface area (Å²) in [6, 6.07) is 5.27. The Morgan fingerprint density at radius 2 is 1.85 bits per heavy atom. The summed E-state index contributed by atoms with van der Waals surface area (Å²) in [5.41, 5.74) is 6.17. The summed E-state index contributed by atoms with van der Waals surface area (Å²) in [5, 5.41) is 0.758. The Morgan fingerprint density at radius 3 is 2.65 bits per heavy atom. The van der Waals surface area contributed by atoms with Crippen molar-refractivity contribution in [1.29, 1.82) is 0 Å². The Balaban J connectivity index is 1.18. The number of hydrogen-bond donors (Lipinski definition) is 2. The summed E-state index contributed by atoms with van der Waals surface area (Å²) in [7, 11) is 0. The molecule has 1 aromatic carbocycles. The highest BCUT2D eigenvalue weighted by Gasteiger charge is 2.36. The number of anilines is 2. The van der Waals surface area contributed by atoms with Crippen LogP contribution in [0.4, 0.5) is 10.8 Å². The molecule has 1 aromatic heterocycles. The average molecular weight is 488 g/mol. The van der Waals surface area contributed by atoms with Crippen LogP contribution >= 0.6 is 11.3 Å². The summed E-state index contributed by atoms with van der Waals surface area (Å²) in [6.07, 6.45) is 0.0525. The molecule has 34 heavy (non-hydrogen) atoms. The quantitative estimate of drug-likeness (QED) is 0.610. The molecule has 4 heterocycles. The van der Waals surface area contributed by atoms with Gasteiger partial charge in [0.2, 0.25) is 11.8 Å². The molecule has 2 aromatic rings. The molecule has 2 fully saturated rings. The van der Waals surface area contributed by atoms with Gasteiger partial charge in [0, 0.05) is 37.8 Å². The van der Waals surface area contributed by atoms with Crippen LogP contribution in [0.3, 0.4) is 0 Å². The molecule has 3 aliphatic heterocycles. The SMILES string of the molecule is Cc1nc(N2CCOCC2)sc1C(=O)NNC(=O)C1CC(=O)N(c2ccc3c(c2)OCCO3)C1. The summed E-state index contributed by atoms with van der Waals surface area (Å²) in [5.74, 6) is -0.404. The van der Waals surface area contributed by atoms with Crippen molar-refractivity contribution in [2.75, 3.05) is 55.9 Å². The van der Waals surface area contributed by atoms with Crippen LogP contribution in [0, 0.1) is 12.8 Å². The van der Waals surface area contributed by atoms with Crippen molar-refractivity contribution in [3.8, 4) is 11.5 Å². The zero-order valence-corrected chi connectivity index (χ0v) is 19.5. The molecule has 3 amide bonds. The highest BCUT2D eigenvalue weighted by molar-refractivity contribution is 7.17. The van der Waals surface area contributed by atoms with Crippen molar-refractivity contribution in [1.82, 2.24) is 15.8 Å². The Kier molecular flexibility index (Phi) is 6.24. The predicted octanol–water partition coefficient (Wildman–Crippen LogP) is 0.873. The number of fused-ring (bicyclic) bond motifs is 1. The number of nitrogens with zero attached hydrogens (tertiary/aromatic N) is 3. The van der Waals surface area contributed by atoms with Crippen molar-refractivity contribution in [2.24, 2.45) is 5.92 Å². The largest absolute Gasteiger partial charge is 0.486 e. The number of thiazole rings is 1. The minimum absolute atomic E-state index is 0.0525. The summed E-state index contributed by atoms with van der Waals surface area (Å²) < 4.78 is 16.5. The van der Waals surface area contributed by atoms with Gasteiger partial charge in [0.05, 0.1) is 24.8 Å². The van der Waals surface area contributed by atoms with Crippen LogP contribution in [-0.4, -0.2) is 68.8 Å². The molecule has 1 unspecified atom stereocenters. The van der Waals surface area contributed by atoms with E-state index in [-0.39, 0.29) is 18.9 Å². The van der Waals surface area contributed by atoms with Crippen LogP contribution < -0.4 is 30.1 Å². The lowest BCUT2D eigenvalue weighted by atomic mass is 10.1. The number of nitrogens with one attached hydrogen (secondary N) is 2. The van der Waals surface area contributed by atoms with Gasteiger partial charge in [0.15, 0.2) is 16.6 Å². The van der Waals surface area contributed by atoms with E-state index in [1.54, 1.807) is 30.0 Å². The van der Waals surface area contributed by atoms with E-state index in [0.29, 0.717) is 54.2 Å². The van der Waals surface area contributed by atoms with Gasteiger partial charge in [-0.15, -0.1) is 0 Å². The number of rotatable bonds is 4. The van der Waals surface area contributed by atoms with E-state index in [2.05, 4.69) is 20.7 Å². The van der Waals surface area contributed by atoms with E-state index in [0.717, 1.165) is 18.2 Å². The van der Waals surface area contributed by atoms with Gasteiger partial charge in [-0.25, -0.2) is 4.98 Å². The summed E-state index contributed by atoms with van der Waals surface area (Å²) in [6.45, 7) is 5.60. The Bertz CT molecular complexity index is 1120. The van der Waals surface area contributed by atoms with Crippen LogP contribution in [0.5, 0.6) is 11.5 Å². The number of morpholine rings is 1. The van der Waals surface area contributed by atoms with Gasteiger partial charge in [-0.05, 0) is 19.1 Å². The molecule has 0 saturated carbocycles. The van der Waals surface area contributed by atoms with Crippen LogP contribution in [-0.2, 0) is 14.3 Å². The van der Waals surface area contributed by atoms with Gasteiger partial charge in [0.25, 0.3) is 5.91 Å². The van der Waals surface area contributed by atoms with E-state index in [4.69, 9.17) is 14.2 Å². The van der Waals surface area contributed by atoms with Crippen LogP contribution in [0.15, 0.2) is 18.2 Å². The fourth-order valence-electron chi connectivity index (χ4n) is 4.09. The maximum Gasteiger partial charge on any atom is 0.281 e. The molecule has 2 saturated heterocycles. The molecule has 12 heteroatoms. The van der Waals surface area contributed by atoms with Crippen molar-refractivity contribution < 1.29 is 28.6 Å². The lowest BCUT2D eigenvalue weighted by Crippen LogP contribution is -2.45. The molecule has 5 rings (SSSR count). The van der Waals surface area contributed by atoms with Crippen molar-refractivity contribution in [3.63, 3.8) is 0 Å². The summed E-state index contributed by atoms with van der Waals surface area (Å²) in [4.78, 5) is 46.5. The zero-order chi connectivity index (χ0) is 23.7. The van der Waals surface area contributed by atoms with Gasteiger partial charge < -0.3 is 24.0 Å². The van der Waals surface area contributed by atoms with Crippen LogP contribution in [0.25, 0.3) is 0 Å². The first-order chi connectivity index (χ1) is 16.5. The molecular formula is C22H25N5O6S. The van der Waals surface area contributed by atoms with Crippen molar-refractivity contribution in [3.05, 3.63) is 28.8 Å². The lowest BCUT2D eigenvalue weighted by molar-refractivity contribution is -0.126. The molecular weight excluding hydrogens is 462 g/mol. The van der Waals surface area contributed by atoms with Crippen LogP contribution in [0.1, 0.15) is 21.8 Å². The van der Waals surface area contributed by atoms with Gasteiger partial charge in [-0.3, -0.25) is 25.2 Å². The Hall–Kier alpha value is -3.38. The molecule has 1 atom stereocenters. The normalized spacial score (nSPS) is 19.8. The van der Waals surface area contributed by atoms with E-state index in [1.807, 2.05) is 0 Å². The molecule has 2 N–H and O–H groups in total. The first kappa shape index (κ1) is 22.4. The number of carbonyl (C=O) groups excluding carboxylic acids is 3. The number of amides is 3. The fourth-order valence-corrected chi connectivity index (χ4v) is 5.11. The van der Waals surface area contributed by atoms with Gasteiger partial charge in [0.1, 0.15) is 18.1 Å². The monoisotopic (exact) mass is 487 g/mol. The molecule has 0 aliphatic carbocycles. The van der Waals surface area contributed by atoms with Gasteiger partial charge in [-0.1, -0.05) is 11.3 Å². The topological polar surface area (TPSA) is 122 Å². The molecule has 0 bridgehead atoms. The number of aromatic nitrogens is 1. The highest BCUT2D eigenvalue weighted by atomic mass is 32.1. The maximum absolute atomic E-state index is 12.7. The number of hydrogen-bond acceptors (Lipinski definition) is 9. The third kappa shape index (κ3) is 4.50. The van der Waals surface area contributed by atoms with Gasteiger partial charge >= 0.3 is 0 Å². The third-order valence-electron chi connectivity index (χ3n) is 5.91. The number of carbonyl (C=O) groups is 3. The Labute approximate surface area is 199 Å². The average Bonchev–Trinajstić information content (AvgIpc) is 3.45. The second kappa shape index (κ2) is 9.47. The van der Waals surface area contributed by atoms with Gasteiger partial charge in [-0.2, -0.15) is 0 Å². The summed E-state index contributed by atoms with van der Waals surface area (Å²) >= 11 is 1.28. The van der Waals surface area contributed by atoms with E-state index >= 15 is 0 Å². The standard InChI is InChI=1S/C22H25N5O6S/c1-13-19(34-22(23-13)26-4-6-31-7-5-26)21(30)25-24-20(29)14-10-18(28)27(12-14)15-2-3-16-17(11-15)33-9-8-32-16/h2-3,11,14H,4-10,12H2,1H3,(H,24,29)(H,25,30). The Morgan fingerprint density at radius 1 is 1.09 bits per heavy atom. The molecule has 0 radical (unpaired) electrons. The number of ether oxygens (including phenoxy) is 3. The predicted molar refractivity (Wildman–Crippen MR) is 123 cm³/mol. The molecule has 180 valence electrons. The van der Waals surface area contributed by atoms with E-state index in [1.165, 1.54) is 11.3 Å². The van der Waals surface area contributed by atoms with Crippen molar-refractivity contribution in [2.45, 2.75) is 13.3 Å². The maximum atomic E-state index is 12.7. The number of aryl methyl sites for hydroxylation is 1. The van der Waals surface area contributed by atoms with E-state index < -0.39 is 17.7 Å². The minimum Gasteiger partial charge on any atom is -0.486 e. The third-order valence-corrected chi connectivity index (χ3v) is 7.12. The minimum atomic E-state index is -0.590. The second-order valence-electron chi connectivity index (χ2n) is 8.19. The first-order valence-corrected chi connectivity index (χ1v) is 11.9.